The van der Waals surface area contributed by atoms with Gasteiger partial charge in [-0.05, 0) is 12.3 Å². The van der Waals surface area contributed by atoms with Crippen molar-refractivity contribution in [2.24, 2.45) is 5.92 Å². The van der Waals surface area contributed by atoms with Crippen LogP contribution in [0.2, 0.25) is 0 Å². The zero-order chi connectivity index (χ0) is 16.7. The summed E-state index contributed by atoms with van der Waals surface area (Å²) in [5.74, 6) is -1.71. The first-order valence-corrected chi connectivity index (χ1v) is 9.49. The maximum absolute atomic E-state index is 12.5. The van der Waals surface area contributed by atoms with Crippen LogP contribution in [-0.4, -0.2) is 24.1 Å². The summed E-state index contributed by atoms with van der Waals surface area (Å²) in [5.41, 5.74) is 0.931. The average molecular weight is 346 g/mol. The Labute approximate surface area is 141 Å². The Bertz CT molecular complexity index is 444. The van der Waals surface area contributed by atoms with E-state index in [1.165, 1.54) is 49.9 Å². The van der Waals surface area contributed by atoms with Gasteiger partial charge in [0.25, 0.3) is 11.1 Å². The fourth-order valence-electron chi connectivity index (χ4n) is 2.95. The minimum absolute atomic E-state index is 0.352. The quantitative estimate of drug-likeness (QED) is 0.850. The summed E-state index contributed by atoms with van der Waals surface area (Å²) in [6.07, 6.45) is 9.83. The van der Waals surface area contributed by atoms with Gasteiger partial charge in [-0.2, -0.15) is 0 Å². The van der Waals surface area contributed by atoms with E-state index in [1.54, 1.807) is 0 Å². The molecule has 6 heteroatoms. The van der Waals surface area contributed by atoms with Crippen LogP contribution in [0.5, 0.6) is 5.19 Å². The number of ether oxygens (including phenoxy) is 1. The van der Waals surface area contributed by atoms with Crippen molar-refractivity contribution >= 4 is 11.3 Å². The predicted octanol–water partition coefficient (Wildman–Crippen LogP) is 4.80. The zero-order valence-corrected chi connectivity index (χ0v) is 15.0. The third kappa shape index (κ3) is 6.71. The van der Waals surface area contributed by atoms with Gasteiger partial charge in [0, 0.05) is 24.9 Å². The minimum Gasteiger partial charge on any atom is -0.464 e. The average Bonchev–Trinajstić information content (AvgIpc) is 2.97. The van der Waals surface area contributed by atoms with Gasteiger partial charge < -0.3 is 10.1 Å². The second kappa shape index (κ2) is 8.92. The Balaban J connectivity index is 0.000000203. The molecule has 2 aliphatic rings. The van der Waals surface area contributed by atoms with Crippen molar-refractivity contribution in [1.82, 2.24) is 10.3 Å². The molecule has 1 fully saturated rings. The first-order chi connectivity index (χ1) is 11.0. The number of nitrogens with one attached hydrogen (secondary N) is 1. The molecule has 0 saturated heterocycles. The summed E-state index contributed by atoms with van der Waals surface area (Å²) in [5, 5.41) is 3.52. The fraction of sp³-hybridized carbons (Fsp3) is 0.824. The molecule has 0 unspecified atom stereocenters. The standard InChI is InChI=1S/C9H12F2N2OS.C8H16/c1-9(10,11)5-14-8-13-6-4-12-3-2-7(6)15-8;1-2-8-6-4-3-5-7-8/h12H,2-5H2,1H3;8H,2-7H2,1H3. The summed E-state index contributed by atoms with van der Waals surface area (Å²) in [6.45, 7) is 4.17. The van der Waals surface area contributed by atoms with Gasteiger partial charge in [0.2, 0.25) is 0 Å². The third-order valence-corrected chi connectivity index (χ3v) is 5.40. The van der Waals surface area contributed by atoms with Crippen LogP contribution in [-0.2, 0) is 13.0 Å². The molecular formula is C17H28F2N2OS. The Kier molecular flexibility index (Phi) is 7.21. The van der Waals surface area contributed by atoms with E-state index >= 15 is 0 Å². The van der Waals surface area contributed by atoms with E-state index in [0.717, 1.165) is 36.4 Å². The SMILES string of the molecule is CC(F)(F)COc1nc2c(s1)CCNC2.CCC1CCCCC1. The Morgan fingerprint density at radius 2 is 2.04 bits per heavy atom. The molecule has 0 spiro atoms. The van der Waals surface area contributed by atoms with Crippen LogP contribution in [0.25, 0.3) is 0 Å². The molecule has 1 saturated carbocycles. The minimum atomic E-state index is -2.80. The number of rotatable bonds is 4. The Hall–Kier alpha value is -0.750. The van der Waals surface area contributed by atoms with Crippen molar-refractivity contribution < 1.29 is 13.5 Å². The predicted molar refractivity (Wildman–Crippen MR) is 90.5 cm³/mol. The van der Waals surface area contributed by atoms with Crippen LogP contribution in [0, 0.1) is 5.92 Å². The first-order valence-electron chi connectivity index (χ1n) is 8.68. The van der Waals surface area contributed by atoms with Crippen LogP contribution in [0.3, 0.4) is 0 Å². The molecule has 1 aliphatic heterocycles. The molecule has 1 aliphatic carbocycles. The van der Waals surface area contributed by atoms with Gasteiger partial charge in [0.05, 0.1) is 5.69 Å². The van der Waals surface area contributed by atoms with E-state index in [9.17, 15) is 8.78 Å². The van der Waals surface area contributed by atoms with Gasteiger partial charge in [-0.25, -0.2) is 13.8 Å². The lowest BCUT2D eigenvalue weighted by Gasteiger charge is -2.18. The van der Waals surface area contributed by atoms with E-state index in [2.05, 4.69) is 17.2 Å². The second-order valence-electron chi connectivity index (χ2n) is 6.55. The maximum Gasteiger partial charge on any atom is 0.278 e. The zero-order valence-electron chi connectivity index (χ0n) is 14.2. The highest BCUT2D eigenvalue weighted by Crippen LogP contribution is 2.28. The highest BCUT2D eigenvalue weighted by Gasteiger charge is 2.24. The molecular weight excluding hydrogens is 318 g/mol. The van der Waals surface area contributed by atoms with E-state index in [4.69, 9.17) is 4.74 Å². The molecule has 0 amide bonds. The topological polar surface area (TPSA) is 34.1 Å². The molecule has 2 heterocycles. The molecule has 132 valence electrons. The molecule has 1 aromatic heterocycles. The molecule has 0 aromatic carbocycles. The van der Waals surface area contributed by atoms with Crippen molar-refractivity contribution in [3.05, 3.63) is 10.6 Å². The molecule has 3 nitrogen and oxygen atoms in total. The highest BCUT2D eigenvalue weighted by molar-refractivity contribution is 7.13. The summed E-state index contributed by atoms with van der Waals surface area (Å²) < 4.78 is 30.0. The molecule has 0 bridgehead atoms. The van der Waals surface area contributed by atoms with Crippen LogP contribution in [0.4, 0.5) is 8.78 Å². The number of hydrogen-bond acceptors (Lipinski definition) is 4. The lowest BCUT2D eigenvalue weighted by molar-refractivity contribution is -0.0230. The molecule has 23 heavy (non-hydrogen) atoms. The molecule has 0 atom stereocenters. The largest absolute Gasteiger partial charge is 0.464 e. The van der Waals surface area contributed by atoms with Crippen molar-refractivity contribution in [3.8, 4) is 5.19 Å². The number of aromatic nitrogens is 1. The van der Waals surface area contributed by atoms with E-state index in [0.29, 0.717) is 11.7 Å². The molecule has 1 aromatic rings. The summed E-state index contributed by atoms with van der Waals surface area (Å²) in [6, 6.07) is 0. The maximum atomic E-state index is 12.5. The number of hydrogen-bond donors (Lipinski definition) is 1. The molecule has 1 N–H and O–H groups in total. The number of alkyl halides is 2. The monoisotopic (exact) mass is 346 g/mol. The summed E-state index contributed by atoms with van der Waals surface area (Å²) in [4.78, 5) is 5.30. The second-order valence-corrected chi connectivity index (χ2v) is 7.59. The van der Waals surface area contributed by atoms with Gasteiger partial charge in [-0.1, -0.05) is 56.8 Å². The van der Waals surface area contributed by atoms with Gasteiger partial charge in [-0.15, -0.1) is 0 Å². The number of fused-ring (bicyclic) bond motifs is 1. The number of halogens is 2. The lowest BCUT2D eigenvalue weighted by atomic mass is 9.88. The van der Waals surface area contributed by atoms with Gasteiger partial charge in [-0.3, -0.25) is 0 Å². The Morgan fingerprint density at radius 1 is 1.30 bits per heavy atom. The van der Waals surface area contributed by atoms with Crippen molar-refractivity contribution in [1.29, 1.82) is 0 Å². The van der Waals surface area contributed by atoms with Gasteiger partial charge in [0.15, 0.2) is 6.61 Å². The summed E-state index contributed by atoms with van der Waals surface area (Å²) >= 11 is 1.37. The van der Waals surface area contributed by atoms with Gasteiger partial charge >= 0.3 is 0 Å². The van der Waals surface area contributed by atoms with Crippen LogP contribution in [0.1, 0.15) is 62.9 Å². The Morgan fingerprint density at radius 3 is 2.61 bits per heavy atom. The van der Waals surface area contributed by atoms with Gasteiger partial charge in [0.1, 0.15) is 0 Å². The van der Waals surface area contributed by atoms with Crippen LogP contribution < -0.4 is 10.1 Å². The highest BCUT2D eigenvalue weighted by atomic mass is 32.1. The third-order valence-electron chi connectivity index (χ3n) is 4.33. The number of thiazole rings is 1. The normalized spacial score (nSPS) is 18.8. The van der Waals surface area contributed by atoms with E-state index < -0.39 is 12.5 Å². The molecule has 3 rings (SSSR count). The lowest BCUT2D eigenvalue weighted by Crippen LogP contribution is -2.22. The fourth-order valence-corrected chi connectivity index (χ4v) is 3.87. The van der Waals surface area contributed by atoms with E-state index in [-0.39, 0.29) is 0 Å². The molecule has 0 radical (unpaired) electrons. The van der Waals surface area contributed by atoms with Crippen LogP contribution >= 0.6 is 11.3 Å². The smallest absolute Gasteiger partial charge is 0.278 e. The summed E-state index contributed by atoms with van der Waals surface area (Å²) in [7, 11) is 0. The number of nitrogens with zero attached hydrogens (tertiary/aromatic N) is 1. The van der Waals surface area contributed by atoms with Crippen molar-refractivity contribution in [2.75, 3.05) is 13.2 Å². The van der Waals surface area contributed by atoms with E-state index in [1.807, 2.05) is 0 Å². The first kappa shape index (κ1) is 18.6. The van der Waals surface area contributed by atoms with Crippen molar-refractivity contribution in [3.63, 3.8) is 0 Å². The van der Waals surface area contributed by atoms with Crippen molar-refractivity contribution in [2.45, 2.75) is 71.3 Å². The van der Waals surface area contributed by atoms with Crippen LogP contribution in [0.15, 0.2) is 0 Å².